The van der Waals surface area contributed by atoms with E-state index in [1.807, 2.05) is 20.8 Å². The van der Waals surface area contributed by atoms with Gasteiger partial charge in [-0.05, 0) is 49.4 Å². The van der Waals surface area contributed by atoms with Gasteiger partial charge in [-0.2, -0.15) is 0 Å². The van der Waals surface area contributed by atoms with Crippen LogP contribution in [-0.2, 0) is 19.1 Å². The zero-order valence-corrected chi connectivity index (χ0v) is 16.7. The minimum atomic E-state index is -0.632. The number of nitrogens with one attached hydrogen (secondary N) is 1. The monoisotopic (exact) mass is 386 g/mol. The average Bonchev–Trinajstić information content (AvgIpc) is 2.83. The summed E-state index contributed by atoms with van der Waals surface area (Å²) in [5.74, 6) is -1.67. The number of hydrogen-bond donors (Lipinski definition) is 1. The summed E-state index contributed by atoms with van der Waals surface area (Å²) in [7, 11) is 0. The van der Waals surface area contributed by atoms with Crippen LogP contribution in [0.1, 0.15) is 50.9 Å². The van der Waals surface area contributed by atoms with Crippen LogP contribution in [0.15, 0.2) is 24.3 Å². The maximum atomic E-state index is 13.0. The number of imide groups is 1. The number of piperidine rings is 1. The van der Waals surface area contributed by atoms with Crippen molar-refractivity contribution < 1.29 is 23.9 Å². The Labute approximate surface area is 164 Å². The van der Waals surface area contributed by atoms with E-state index in [9.17, 15) is 19.2 Å². The lowest BCUT2D eigenvalue weighted by atomic mass is 9.62. The van der Waals surface area contributed by atoms with E-state index in [0.29, 0.717) is 24.1 Å². The Balaban J connectivity index is 1.68. The van der Waals surface area contributed by atoms with Gasteiger partial charge in [0.25, 0.3) is 0 Å². The third kappa shape index (κ3) is 3.08. The topological polar surface area (TPSA) is 92.8 Å². The molecule has 2 unspecified atom stereocenters. The molecule has 0 spiro atoms. The molecule has 2 atom stereocenters. The molecule has 1 heterocycles. The summed E-state index contributed by atoms with van der Waals surface area (Å²) in [4.78, 5) is 51.0. The van der Waals surface area contributed by atoms with Crippen molar-refractivity contribution in [3.8, 4) is 0 Å². The highest BCUT2D eigenvalue weighted by atomic mass is 16.5. The van der Waals surface area contributed by atoms with Gasteiger partial charge in [0.1, 0.15) is 6.54 Å². The number of rotatable bonds is 5. The number of anilines is 1. The Hall–Kier alpha value is -2.70. The molecule has 1 aromatic carbocycles. The van der Waals surface area contributed by atoms with Crippen molar-refractivity contribution in [1.29, 1.82) is 0 Å². The Morgan fingerprint density at radius 3 is 2.43 bits per heavy atom. The largest absolute Gasteiger partial charge is 0.462 e. The first kappa shape index (κ1) is 20.0. The zero-order valence-electron chi connectivity index (χ0n) is 16.7. The Bertz CT molecular complexity index is 830. The minimum absolute atomic E-state index is 0.244. The number of ether oxygens (including phenoxy) is 1. The van der Waals surface area contributed by atoms with Gasteiger partial charge < -0.3 is 10.1 Å². The Kier molecular flexibility index (Phi) is 5.04. The van der Waals surface area contributed by atoms with Gasteiger partial charge in [0.15, 0.2) is 0 Å². The molecule has 1 aliphatic carbocycles. The second kappa shape index (κ2) is 7.04. The molecule has 3 rings (SSSR count). The molecule has 1 saturated carbocycles. The van der Waals surface area contributed by atoms with E-state index in [1.165, 1.54) is 0 Å². The van der Waals surface area contributed by atoms with Crippen LogP contribution >= 0.6 is 0 Å². The fourth-order valence-electron chi connectivity index (χ4n) is 4.30. The van der Waals surface area contributed by atoms with Crippen molar-refractivity contribution in [3.05, 3.63) is 29.8 Å². The molecule has 2 aliphatic rings. The summed E-state index contributed by atoms with van der Waals surface area (Å²) in [5.41, 5.74) is -0.179. The van der Waals surface area contributed by atoms with Gasteiger partial charge in [-0.15, -0.1) is 0 Å². The first-order chi connectivity index (χ1) is 13.1. The van der Waals surface area contributed by atoms with Crippen molar-refractivity contribution >= 4 is 29.4 Å². The van der Waals surface area contributed by atoms with Crippen molar-refractivity contribution in [3.63, 3.8) is 0 Å². The summed E-state index contributed by atoms with van der Waals surface area (Å²) in [5, 5.41) is 2.67. The van der Waals surface area contributed by atoms with E-state index >= 15 is 0 Å². The Morgan fingerprint density at radius 1 is 1.18 bits per heavy atom. The molecule has 0 radical (unpaired) electrons. The van der Waals surface area contributed by atoms with Crippen molar-refractivity contribution in [2.24, 2.45) is 16.7 Å². The van der Waals surface area contributed by atoms with E-state index in [-0.39, 0.29) is 30.9 Å². The van der Waals surface area contributed by atoms with Crippen LogP contribution in [-0.4, -0.2) is 41.7 Å². The predicted molar refractivity (Wildman–Crippen MR) is 102 cm³/mol. The van der Waals surface area contributed by atoms with Crippen LogP contribution in [0.25, 0.3) is 0 Å². The van der Waals surface area contributed by atoms with E-state index in [2.05, 4.69) is 5.32 Å². The molecule has 1 aromatic rings. The molecule has 2 fully saturated rings. The van der Waals surface area contributed by atoms with Crippen LogP contribution in [0.4, 0.5) is 5.69 Å². The molecule has 1 saturated heterocycles. The molecule has 0 aromatic heterocycles. The molecule has 2 bridgehead atoms. The molecular formula is C21H26N2O5. The van der Waals surface area contributed by atoms with Gasteiger partial charge in [0.05, 0.1) is 17.6 Å². The van der Waals surface area contributed by atoms with Gasteiger partial charge in [-0.3, -0.25) is 19.3 Å². The maximum absolute atomic E-state index is 13.0. The number of esters is 1. The van der Waals surface area contributed by atoms with Crippen LogP contribution < -0.4 is 5.32 Å². The zero-order chi connectivity index (χ0) is 20.7. The highest BCUT2D eigenvalue weighted by Crippen LogP contribution is 2.59. The summed E-state index contributed by atoms with van der Waals surface area (Å²) < 4.78 is 4.92. The lowest BCUT2D eigenvalue weighted by Crippen LogP contribution is -2.60. The fourth-order valence-corrected chi connectivity index (χ4v) is 4.30. The number of amides is 3. The molecule has 3 amide bonds. The van der Waals surface area contributed by atoms with E-state index in [4.69, 9.17) is 4.74 Å². The number of fused-ring (bicyclic) bond motifs is 2. The number of hydrogen-bond acceptors (Lipinski definition) is 5. The van der Waals surface area contributed by atoms with Gasteiger partial charge in [0.2, 0.25) is 17.7 Å². The van der Waals surface area contributed by atoms with E-state index < -0.39 is 22.7 Å². The third-order valence-corrected chi connectivity index (χ3v) is 6.49. The van der Waals surface area contributed by atoms with Crippen LogP contribution in [0, 0.1) is 16.7 Å². The lowest BCUT2D eigenvalue weighted by molar-refractivity contribution is -0.168. The lowest BCUT2D eigenvalue weighted by Gasteiger charge is -2.47. The molecule has 7 heteroatoms. The molecule has 7 nitrogen and oxygen atoms in total. The number of likely N-dealkylation sites (tertiary alicyclic amines) is 1. The first-order valence-electron chi connectivity index (χ1n) is 9.54. The molecule has 1 N–H and O–H groups in total. The quantitative estimate of drug-likeness (QED) is 0.620. The average molecular weight is 386 g/mol. The Morgan fingerprint density at radius 2 is 1.82 bits per heavy atom. The first-order valence-corrected chi connectivity index (χ1v) is 9.54. The van der Waals surface area contributed by atoms with E-state index in [1.54, 1.807) is 31.2 Å². The SMILES string of the molecule is CCOC(=O)c1ccc(NC(=O)CN2C(=O)C3CCC(C)(C2=O)C3(C)C)cc1. The summed E-state index contributed by atoms with van der Waals surface area (Å²) in [6.45, 7) is 7.52. The fraction of sp³-hybridized carbons (Fsp3) is 0.524. The highest BCUT2D eigenvalue weighted by Gasteiger charge is 2.64. The summed E-state index contributed by atoms with van der Waals surface area (Å²) in [6, 6.07) is 6.26. The minimum Gasteiger partial charge on any atom is -0.462 e. The number of carbonyl (C=O) groups excluding carboxylic acids is 4. The second-order valence-corrected chi connectivity index (χ2v) is 8.22. The molecule has 150 valence electrons. The van der Waals surface area contributed by atoms with Gasteiger partial charge in [-0.25, -0.2) is 4.79 Å². The number of carbonyl (C=O) groups is 4. The van der Waals surface area contributed by atoms with Crippen LogP contribution in [0.3, 0.4) is 0 Å². The highest BCUT2D eigenvalue weighted by molar-refractivity contribution is 6.07. The van der Waals surface area contributed by atoms with Crippen LogP contribution in [0.5, 0.6) is 0 Å². The predicted octanol–water partition coefficient (Wildman–Crippen LogP) is 2.61. The summed E-state index contributed by atoms with van der Waals surface area (Å²) >= 11 is 0. The van der Waals surface area contributed by atoms with E-state index in [0.717, 1.165) is 4.90 Å². The standard InChI is InChI=1S/C21H26N2O5/c1-5-28-18(26)13-6-8-14(9-7-13)22-16(24)12-23-17(25)15-10-11-21(4,19(23)27)20(15,2)3/h6-9,15H,5,10-12H2,1-4H3,(H,22,24). The maximum Gasteiger partial charge on any atom is 0.338 e. The number of benzene rings is 1. The smallest absolute Gasteiger partial charge is 0.338 e. The van der Waals surface area contributed by atoms with Crippen LogP contribution in [0.2, 0.25) is 0 Å². The summed E-state index contributed by atoms with van der Waals surface area (Å²) in [6.07, 6.45) is 1.32. The van der Waals surface area contributed by atoms with Crippen molar-refractivity contribution in [2.75, 3.05) is 18.5 Å². The van der Waals surface area contributed by atoms with Crippen molar-refractivity contribution in [2.45, 2.75) is 40.5 Å². The molecular weight excluding hydrogens is 360 g/mol. The second-order valence-electron chi connectivity index (χ2n) is 8.22. The molecule has 1 aliphatic heterocycles. The van der Waals surface area contributed by atoms with Gasteiger partial charge in [0, 0.05) is 11.6 Å². The number of nitrogens with zero attached hydrogens (tertiary/aromatic N) is 1. The third-order valence-electron chi connectivity index (χ3n) is 6.49. The normalized spacial score (nSPS) is 25.6. The van der Waals surface area contributed by atoms with Gasteiger partial charge in [-0.1, -0.05) is 20.8 Å². The van der Waals surface area contributed by atoms with Crippen molar-refractivity contribution in [1.82, 2.24) is 4.90 Å². The molecule has 28 heavy (non-hydrogen) atoms. The van der Waals surface area contributed by atoms with Gasteiger partial charge >= 0.3 is 5.97 Å².